The summed E-state index contributed by atoms with van der Waals surface area (Å²) in [7, 11) is 0. The maximum atomic E-state index is 14.5. The van der Waals surface area contributed by atoms with Crippen LogP contribution in [0.2, 0.25) is 0 Å². The van der Waals surface area contributed by atoms with E-state index in [9.17, 15) is 13.2 Å². The van der Waals surface area contributed by atoms with Gasteiger partial charge < -0.3 is 28.4 Å². The van der Waals surface area contributed by atoms with Gasteiger partial charge in [-0.15, -0.1) is 0 Å². The number of halogens is 3. The molecule has 10 rings (SSSR count). The molecule has 50 heavy (non-hydrogen) atoms. The summed E-state index contributed by atoms with van der Waals surface area (Å²) in [5.41, 5.74) is -1.69. The van der Waals surface area contributed by atoms with E-state index in [0.29, 0.717) is 38.4 Å². The molecule has 10 aliphatic rings. The summed E-state index contributed by atoms with van der Waals surface area (Å²) in [4.78, 5) is 24.0. The van der Waals surface area contributed by atoms with Gasteiger partial charge in [0, 0.05) is 48.7 Å². The Morgan fingerprint density at radius 2 is 1.30 bits per heavy atom. The van der Waals surface area contributed by atoms with Gasteiger partial charge in [0.1, 0.15) is 0 Å². The number of unbranched alkanes of at least 4 members (excludes halogenated alkanes) is 2. The van der Waals surface area contributed by atoms with Gasteiger partial charge in [-0.1, -0.05) is 20.8 Å². The molecule has 0 aromatic heterocycles. The van der Waals surface area contributed by atoms with Crippen molar-refractivity contribution in [2.75, 3.05) is 19.8 Å². The zero-order chi connectivity index (χ0) is 35.3. The molecule has 284 valence electrons. The Morgan fingerprint density at radius 1 is 0.680 bits per heavy atom. The summed E-state index contributed by atoms with van der Waals surface area (Å²) in [5, 5.41) is 0. The van der Waals surface area contributed by atoms with Crippen LogP contribution < -0.4 is 0 Å². The molecular weight excluding hydrogens is 661 g/mol. The fourth-order valence-electron chi connectivity index (χ4n) is 11.1. The third-order valence-corrected chi connectivity index (χ3v) is 14.0. The average molecular weight is 717 g/mol. The Kier molecular flexibility index (Phi) is 9.00. The van der Waals surface area contributed by atoms with Crippen molar-refractivity contribution in [3.05, 3.63) is 11.3 Å². The normalized spacial score (nSPS) is 51.0. The summed E-state index contributed by atoms with van der Waals surface area (Å²) in [6.45, 7) is 12.8. The summed E-state index contributed by atoms with van der Waals surface area (Å²) in [6, 6.07) is 0. The Balaban J connectivity index is 0.870. The first-order chi connectivity index (χ1) is 23.6. The summed E-state index contributed by atoms with van der Waals surface area (Å²) >= 11 is 0. The molecule has 14 atom stereocenters. The van der Waals surface area contributed by atoms with Crippen molar-refractivity contribution in [2.45, 2.75) is 159 Å². The van der Waals surface area contributed by atoms with Crippen LogP contribution >= 0.6 is 0 Å². The minimum Gasteiger partial charge on any atom is -0.456 e. The van der Waals surface area contributed by atoms with Gasteiger partial charge in [0.2, 0.25) is 23.6 Å². The lowest BCUT2D eigenvalue weighted by Gasteiger charge is -2.62. The lowest BCUT2D eigenvalue weighted by molar-refractivity contribution is -0.585. The highest BCUT2D eigenvalue weighted by atomic mass is 19.4. The van der Waals surface area contributed by atoms with Gasteiger partial charge in [0.05, 0.1) is 13.2 Å². The van der Waals surface area contributed by atoms with E-state index in [-0.39, 0.29) is 41.8 Å². The van der Waals surface area contributed by atoms with E-state index in [1.165, 1.54) is 0 Å². The number of allylic oxidation sites excluding steroid dienone is 1. The number of hydrogen-bond acceptors (Lipinski definition) is 10. The van der Waals surface area contributed by atoms with Crippen LogP contribution in [-0.4, -0.2) is 67.1 Å². The van der Waals surface area contributed by atoms with Gasteiger partial charge >= 0.3 is 6.18 Å². The van der Waals surface area contributed by atoms with Gasteiger partial charge in [-0.05, 0) is 96.3 Å². The third kappa shape index (κ3) is 5.53. The molecule has 13 heteroatoms. The molecule has 0 N–H and O–H groups in total. The van der Waals surface area contributed by atoms with Crippen LogP contribution in [0.4, 0.5) is 13.2 Å². The molecule has 2 aliphatic carbocycles. The minimum atomic E-state index is -4.68. The standard InChI is InChI=1S/C37H55F3O10/c1-21-10-12-27-23(3)34(6,46-31-35(27)25(21)14-17-33(5,45-31)48-49-35)42-19-9-7-8-18-41-20-24-28-13-11-22(2)26-15-16-32(4)44-30(36(26,28)50-47-32)43-29(24)37(38,39)40/h21-23,25-28,30-31H,7-20H2,1-6H3/t21-,22-,23-,25+,26+,27+,28+,30-,31+,32-,33-,34+,35-,36-/m1/s1. The first-order valence-corrected chi connectivity index (χ1v) is 19.1. The van der Waals surface area contributed by atoms with Crippen LogP contribution in [-0.2, 0) is 48.0 Å². The molecule has 0 unspecified atom stereocenters. The highest BCUT2D eigenvalue weighted by Crippen LogP contribution is 2.63. The van der Waals surface area contributed by atoms with Gasteiger partial charge in [-0.3, -0.25) is 0 Å². The van der Waals surface area contributed by atoms with Crippen molar-refractivity contribution in [2.24, 2.45) is 41.4 Å². The lowest BCUT2D eigenvalue weighted by Crippen LogP contribution is -2.72. The van der Waals surface area contributed by atoms with Gasteiger partial charge in [0.25, 0.3) is 0 Å². The first kappa shape index (κ1) is 36.0. The van der Waals surface area contributed by atoms with Crippen LogP contribution in [0.25, 0.3) is 0 Å². The fraction of sp³-hybridized carbons (Fsp3) is 0.946. The number of hydrogen-bond donors (Lipinski definition) is 0. The minimum absolute atomic E-state index is 0.0492. The second kappa shape index (κ2) is 12.5. The van der Waals surface area contributed by atoms with Crippen LogP contribution in [0, 0.1) is 41.4 Å². The predicted molar refractivity (Wildman–Crippen MR) is 169 cm³/mol. The zero-order valence-corrected chi connectivity index (χ0v) is 30.3. The van der Waals surface area contributed by atoms with Crippen LogP contribution in [0.15, 0.2) is 11.3 Å². The topological polar surface area (TPSA) is 92.3 Å². The smallest absolute Gasteiger partial charge is 0.449 e. The molecule has 8 heterocycles. The number of alkyl halides is 3. The second-order valence-corrected chi connectivity index (χ2v) is 17.1. The maximum absolute atomic E-state index is 14.5. The molecule has 9 fully saturated rings. The Hall–Kier alpha value is -1.03. The molecule has 0 amide bonds. The van der Waals surface area contributed by atoms with E-state index in [4.69, 9.17) is 48.0 Å². The predicted octanol–water partition coefficient (Wildman–Crippen LogP) is 7.85. The van der Waals surface area contributed by atoms with Crippen molar-refractivity contribution >= 4 is 0 Å². The molecule has 0 aromatic carbocycles. The van der Waals surface area contributed by atoms with E-state index in [2.05, 4.69) is 20.8 Å². The Bertz CT molecular complexity index is 1330. The van der Waals surface area contributed by atoms with Crippen LogP contribution in [0.1, 0.15) is 112 Å². The molecular formula is C37H55F3O10. The number of ether oxygens (including phenoxy) is 6. The van der Waals surface area contributed by atoms with E-state index < -0.39 is 59.0 Å². The zero-order valence-electron chi connectivity index (χ0n) is 30.3. The highest BCUT2D eigenvalue weighted by molar-refractivity contribution is 5.28. The summed E-state index contributed by atoms with van der Waals surface area (Å²) in [6.07, 6.45) is 2.14. The maximum Gasteiger partial charge on any atom is 0.449 e. The monoisotopic (exact) mass is 716 g/mol. The van der Waals surface area contributed by atoms with E-state index >= 15 is 0 Å². The Labute approximate surface area is 293 Å². The van der Waals surface area contributed by atoms with Gasteiger partial charge in [-0.25, -0.2) is 19.6 Å². The van der Waals surface area contributed by atoms with E-state index in [1.54, 1.807) is 6.92 Å². The number of rotatable bonds is 9. The van der Waals surface area contributed by atoms with Crippen LogP contribution in [0.5, 0.6) is 0 Å². The number of fused-ring (bicyclic) bond motifs is 4. The van der Waals surface area contributed by atoms with Gasteiger partial charge in [-0.2, -0.15) is 13.2 Å². The summed E-state index contributed by atoms with van der Waals surface area (Å²) < 4.78 is 80.8. The molecule has 0 aromatic rings. The van der Waals surface area contributed by atoms with E-state index in [1.807, 2.05) is 13.8 Å². The summed E-state index contributed by atoms with van der Waals surface area (Å²) in [5.74, 6) is -3.27. The van der Waals surface area contributed by atoms with Crippen LogP contribution in [0.3, 0.4) is 0 Å². The van der Waals surface area contributed by atoms with Gasteiger partial charge in [0.15, 0.2) is 23.3 Å². The Morgan fingerprint density at radius 3 is 2.00 bits per heavy atom. The quantitative estimate of drug-likeness (QED) is 0.174. The SMILES string of the molecule is C[C@@H]1CC[C@H]2[C@@H](C)[C@@](C)(OCCCCCOCC3=C(C(F)(F)F)O[C@@H]4O[C@@]5(C)CC[C@H]6[C@H](C)CC[C@@H]3[C@@]46OO5)O[C@@H]3O[C@@]4(C)CC[C@@H]1[C@]32OO4. The highest BCUT2D eigenvalue weighted by Gasteiger charge is 2.72. The lowest BCUT2D eigenvalue weighted by atomic mass is 9.57. The largest absolute Gasteiger partial charge is 0.456 e. The molecule has 8 aliphatic heterocycles. The molecule has 4 bridgehead atoms. The molecule has 0 radical (unpaired) electrons. The third-order valence-electron chi connectivity index (χ3n) is 14.0. The van der Waals surface area contributed by atoms with Crippen molar-refractivity contribution in [1.29, 1.82) is 0 Å². The van der Waals surface area contributed by atoms with E-state index in [0.717, 1.165) is 51.4 Å². The molecule has 7 saturated heterocycles. The first-order valence-electron chi connectivity index (χ1n) is 19.1. The average Bonchev–Trinajstić information content (AvgIpc) is 3.43. The fourth-order valence-corrected chi connectivity index (χ4v) is 11.1. The van der Waals surface area contributed by atoms with Crippen molar-refractivity contribution in [3.8, 4) is 0 Å². The van der Waals surface area contributed by atoms with Crippen molar-refractivity contribution in [1.82, 2.24) is 0 Å². The molecule has 2 saturated carbocycles. The molecule has 2 spiro atoms. The molecule has 10 nitrogen and oxygen atoms in total. The second-order valence-electron chi connectivity index (χ2n) is 17.1. The van der Waals surface area contributed by atoms with Crippen molar-refractivity contribution in [3.63, 3.8) is 0 Å². The van der Waals surface area contributed by atoms with Crippen molar-refractivity contribution < 1.29 is 61.1 Å².